The van der Waals surface area contributed by atoms with Gasteiger partial charge in [-0.3, -0.25) is 9.69 Å². The smallest absolute Gasteiger partial charge is 0.408 e. The fourth-order valence-electron chi connectivity index (χ4n) is 7.88. The van der Waals surface area contributed by atoms with E-state index in [0.717, 1.165) is 54.7 Å². The first-order chi connectivity index (χ1) is 28.8. The SMILES string of the molecule is O=C(NC(c1ccccc1)c1cccc(OCc2ccc(C(=O)Oc3ccc(CNC[C@H](O)c4ccc(O)c5[nH]c(=O)ccc45)cc3)cc2)c1)O[C@H]1CN2CCC1CC2. The van der Waals surface area contributed by atoms with Crippen molar-refractivity contribution in [2.75, 3.05) is 26.2 Å². The number of aliphatic hydroxyl groups is 1. The standard InChI is InChI=1S/C47H46N4O8/c52-40-19-17-38(39-18-20-43(54)49-45(39)40)41(53)27-48-26-30-11-15-36(16-12-30)58-46(55)34-13-9-31(10-14-34)29-57-37-8-4-7-35(25-37)44(33-5-2-1-3-6-33)50-47(56)59-42-28-51-23-21-32(42)22-24-51/h1-20,25,32,41-42,44,48,52-53H,21-24,26-29H2,(H,49,54)(H,50,56)/t41-,42-,44?/m0/s1. The summed E-state index contributed by atoms with van der Waals surface area (Å²) in [6.45, 7) is 3.88. The second-order valence-corrected chi connectivity index (χ2v) is 15.1. The number of fused-ring (bicyclic) bond motifs is 4. The van der Waals surface area contributed by atoms with Gasteiger partial charge in [0.1, 0.15) is 30.0 Å². The number of ether oxygens (including phenoxy) is 3. The number of aromatic nitrogens is 1. The zero-order valence-corrected chi connectivity index (χ0v) is 32.4. The molecule has 3 atom stereocenters. The normalized spacial score (nSPS) is 18.2. The Bertz CT molecular complexity index is 2450. The summed E-state index contributed by atoms with van der Waals surface area (Å²) in [5.41, 5.74) is 4.49. The topological polar surface area (TPSA) is 162 Å². The molecule has 5 N–H and O–H groups in total. The quantitative estimate of drug-likeness (QED) is 0.0588. The summed E-state index contributed by atoms with van der Waals surface area (Å²) in [5, 5.41) is 27.9. The number of hydrogen-bond acceptors (Lipinski definition) is 10. The number of aromatic hydroxyl groups is 1. The molecule has 4 heterocycles. The Morgan fingerprint density at radius 3 is 2.31 bits per heavy atom. The van der Waals surface area contributed by atoms with Gasteiger partial charge in [-0.15, -0.1) is 0 Å². The summed E-state index contributed by atoms with van der Waals surface area (Å²) in [5.74, 6) is 0.890. The molecular formula is C47H46N4O8. The zero-order chi connectivity index (χ0) is 40.7. The summed E-state index contributed by atoms with van der Waals surface area (Å²) in [7, 11) is 0. The van der Waals surface area contributed by atoms with Crippen LogP contribution in [-0.2, 0) is 17.9 Å². The number of phenols is 1. The van der Waals surface area contributed by atoms with E-state index in [1.54, 1.807) is 36.4 Å². The Morgan fingerprint density at radius 2 is 1.56 bits per heavy atom. The fourth-order valence-corrected chi connectivity index (χ4v) is 7.88. The van der Waals surface area contributed by atoms with Crippen molar-refractivity contribution in [1.82, 2.24) is 20.5 Å². The lowest BCUT2D eigenvalue weighted by Gasteiger charge is -2.43. The highest BCUT2D eigenvalue weighted by atomic mass is 16.6. The number of alkyl carbamates (subject to hydrolysis) is 1. The lowest BCUT2D eigenvalue weighted by Crippen LogP contribution is -2.52. The van der Waals surface area contributed by atoms with E-state index in [9.17, 15) is 24.6 Å². The van der Waals surface area contributed by atoms with Crippen molar-refractivity contribution in [2.24, 2.45) is 5.92 Å². The monoisotopic (exact) mass is 794 g/mol. The molecular weight excluding hydrogens is 749 g/mol. The molecule has 0 radical (unpaired) electrons. The second-order valence-electron chi connectivity index (χ2n) is 15.1. The van der Waals surface area contributed by atoms with Gasteiger partial charge in [0.2, 0.25) is 5.56 Å². The molecule has 3 saturated heterocycles. The van der Waals surface area contributed by atoms with Crippen LogP contribution in [-0.4, -0.2) is 64.4 Å². The zero-order valence-electron chi connectivity index (χ0n) is 32.4. The molecule has 0 spiro atoms. The number of phenolic OH excluding ortho intramolecular Hbond substituents is 1. The van der Waals surface area contributed by atoms with Crippen LogP contribution in [0.25, 0.3) is 10.9 Å². The summed E-state index contributed by atoms with van der Waals surface area (Å²) < 4.78 is 17.8. The summed E-state index contributed by atoms with van der Waals surface area (Å²) in [6.07, 6.45) is 0.720. The predicted octanol–water partition coefficient (Wildman–Crippen LogP) is 6.76. The maximum absolute atomic E-state index is 13.2. The lowest BCUT2D eigenvalue weighted by molar-refractivity contribution is -0.0336. The number of pyridine rings is 1. The molecule has 2 bridgehead atoms. The number of esters is 1. The number of hydrogen-bond donors (Lipinski definition) is 5. The van der Waals surface area contributed by atoms with Crippen molar-refractivity contribution >= 4 is 23.0 Å². The van der Waals surface area contributed by atoms with Crippen molar-refractivity contribution in [3.63, 3.8) is 0 Å². The first kappa shape index (κ1) is 39.4. The molecule has 1 unspecified atom stereocenters. The van der Waals surface area contributed by atoms with E-state index in [4.69, 9.17) is 14.2 Å². The number of amides is 1. The van der Waals surface area contributed by atoms with Crippen LogP contribution in [0.5, 0.6) is 17.2 Å². The van der Waals surface area contributed by atoms with Gasteiger partial charge in [-0.25, -0.2) is 9.59 Å². The third kappa shape index (κ3) is 9.64. The maximum atomic E-state index is 13.2. The molecule has 1 amide bonds. The molecule has 0 saturated carbocycles. The molecule has 12 heteroatoms. The molecule has 3 fully saturated rings. The highest BCUT2D eigenvalue weighted by Crippen LogP contribution is 2.32. The van der Waals surface area contributed by atoms with Crippen LogP contribution in [0.2, 0.25) is 0 Å². The highest BCUT2D eigenvalue weighted by molar-refractivity contribution is 5.91. The summed E-state index contributed by atoms with van der Waals surface area (Å²) in [6, 6.07) is 37.2. The molecule has 59 heavy (non-hydrogen) atoms. The third-order valence-electron chi connectivity index (χ3n) is 11.1. The van der Waals surface area contributed by atoms with E-state index < -0.39 is 24.2 Å². The largest absolute Gasteiger partial charge is 0.506 e. The molecule has 3 aliphatic rings. The van der Waals surface area contributed by atoms with Gasteiger partial charge in [0, 0.05) is 31.1 Å². The number of nitrogens with one attached hydrogen (secondary N) is 3. The fraction of sp³-hybridized carbons (Fsp3) is 0.255. The Balaban J connectivity index is 0.821. The maximum Gasteiger partial charge on any atom is 0.408 e. The Morgan fingerprint density at radius 1 is 0.814 bits per heavy atom. The van der Waals surface area contributed by atoms with E-state index in [2.05, 4.69) is 20.5 Å². The lowest BCUT2D eigenvalue weighted by atomic mass is 9.86. The molecule has 5 aromatic carbocycles. The van der Waals surface area contributed by atoms with E-state index >= 15 is 0 Å². The van der Waals surface area contributed by atoms with Crippen LogP contribution >= 0.6 is 0 Å². The van der Waals surface area contributed by atoms with Gasteiger partial charge in [-0.1, -0.05) is 72.8 Å². The highest BCUT2D eigenvalue weighted by Gasteiger charge is 2.37. The number of aliphatic hydroxyl groups excluding tert-OH is 1. The minimum Gasteiger partial charge on any atom is -0.506 e. The van der Waals surface area contributed by atoms with Crippen molar-refractivity contribution in [3.8, 4) is 17.2 Å². The molecule has 302 valence electrons. The van der Waals surface area contributed by atoms with Crippen LogP contribution in [0.1, 0.15) is 63.2 Å². The van der Waals surface area contributed by atoms with Gasteiger partial charge in [0.15, 0.2) is 0 Å². The minimum atomic E-state index is -0.883. The predicted molar refractivity (Wildman–Crippen MR) is 222 cm³/mol. The second kappa shape index (κ2) is 18.0. The van der Waals surface area contributed by atoms with Crippen molar-refractivity contribution in [3.05, 3.63) is 171 Å². The van der Waals surface area contributed by atoms with E-state index in [0.29, 0.717) is 40.5 Å². The van der Waals surface area contributed by atoms with Gasteiger partial charge in [-0.2, -0.15) is 0 Å². The number of aromatic amines is 1. The van der Waals surface area contributed by atoms with E-state index in [1.807, 2.05) is 78.9 Å². The molecule has 1 aromatic heterocycles. The van der Waals surface area contributed by atoms with Crippen LogP contribution in [0.15, 0.2) is 132 Å². The van der Waals surface area contributed by atoms with Crippen LogP contribution in [0, 0.1) is 5.92 Å². The van der Waals surface area contributed by atoms with Crippen LogP contribution in [0.4, 0.5) is 4.79 Å². The first-order valence-electron chi connectivity index (χ1n) is 19.9. The molecule has 6 aromatic rings. The molecule has 9 rings (SSSR count). The molecule has 0 aliphatic carbocycles. The first-order valence-corrected chi connectivity index (χ1v) is 19.9. The number of piperidine rings is 3. The summed E-state index contributed by atoms with van der Waals surface area (Å²) >= 11 is 0. The average molecular weight is 795 g/mol. The van der Waals surface area contributed by atoms with Gasteiger partial charge in [0.25, 0.3) is 0 Å². The Kier molecular flexibility index (Phi) is 12.0. The molecule has 12 nitrogen and oxygen atoms in total. The molecule has 3 aliphatic heterocycles. The van der Waals surface area contributed by atoms with Crippen LogP contribution < -0.4 is 25.7 Å². The minimum absolute atomic E-state index is 0.0638. The van der Waals surface area contributed by atoms with Crippen molar-refractivity contribution in [1.29, 1.82) is 0 Å². The van der Waals surface area contributed by atoms with Gasteiger partial charge < -0.3 is 40.0 Å². The van der Waals surface area contributed by atoms with Gasteiger partial charge in [0.05, 0.1) is 23.2 Å². The number of carbonyl (C=O) groups excluding carboxylic acids is 2. The Labute approximate surface area is 341 Å². The number of rotatable bonds is 14. The summed E-state index contributed by atoms with van der Waals surface area (Å²) in [4.78, 5) is 42.9. The Hall–Kier alpha value is -6.47. The van der Waals surface area contributed by atoms with Crippen LogP contribution in [0.3, 0.4) is 0 Å². The van der Waals surface area contributed by atoms with Gasteiger partial charge in [-0.05, 0) is 108 Å². The van der Waals surface area contributed by atoms with Crippen molar-refractivity contribution < 1.29 is 34.0 Å². The van der Waals surface area contributed by atoms with E-state index in [1.165, 1.54) is 12.1 Å². The number of benzene rings is 5. The van der Waals surface area contributed by atoms with Crippen molar-refractivity contribution in [2.45, 2.75) is 44.2 Å². The van der Waals surface area contributed by atoms with Gasteiger partial charge >= 0.3 is 12.1 Å². The van der Waals surface area contributed by atoms with E-state index in [-0.39, 0.29) is 36.1 Å². The third-order valence-corrected chi connectivity index (χ3v) is 11.1. The average Bonchev–Trinajstić information content (AvgIpc) is 3.26. The number of nitrogens with zero attached hydrogens (tertiary/aromatic N) is 1. The number of H-pyrrole nitrogens is 1. The number of carbonyl (C=O) groups is 2.